The number of hydrogen-bond acceptors (Lipinski definition) is 1. The second-order valence-corrected chi connectivity index (χ2v) is 2.18. The SMILES string of the molecule is F[B-](F)(F)F.NCc1ccccc1. The fourth-order valence-electron chi connectivity index (χ4n) is 0.614. The van der Waals surface area contributed by atoms with Crippen LogP contribution in [-0.2, 0) is 6.54 Å². The molecule has 0 aromatic heterocycles. The molecular weight excluding hydrogens is 185 g/mol. The fourth-order valence-corrected chi connectivity index (χ4v) is 0.614. The summed E-state index contributed by atoms with van der Waals surface area (Å²) in [6.45, 7) is 0.640. The molecule has 0 aliphatic heterocycles. The van der Waals surface area contributed by atoms with Crippen molar-refractivity contribution in [3.05, 3.63) is 35.9 Å². The fraction of sp³-hybridized carbons (Fsp3) is 0.143. The minimum Gasteiger partial charge on any atom is -0.418 e. The summed E-state index contributed by atoms with van der Waals surface area (Å²) in [6.07, 6.45) is 0. The molecule has 0 heterocycles. The Morgan fingerprint density at radius 2 is 1.38 bits per heavy atom. The highest BCUT2D eigenvalue weighted by atomic mass is 19.5. The molecule has 1 rings (SSSR count). The molecule has 0 aliphatic carbocycles. The van der Waals surface area contributed by atoms with Crippen LogP contribution >= 0.6 is 0 Å². The van der Waals surface area contributed by atoms with Gasteiger partial charge in [-0.3, -0.25) is 0 Å². The molecule has 13 heavy (non-hydrogen) atoms. The summed E-state index contributed by atoms with van der Waals surface area (Å²) in [5.74, 6) is 0. The molecule has 0 bridgehead atoms. The monoisotopic (exact) mass is 194 g/mol. The minimum absolute atomic E-state index is 0.640. The molecule has 0 amide bonds. The highest BCUT2D eigenvalue weighted by Crippen LogP contribution is 2.06. The molecule has 0 radical (unpaired) electrons. The zero-order valence-corrected chi connectivity index (χ0v) is 6.76. The van der Waals surface area contributed by atoms with E-state index in [1.165, 1.54) is 5.56 Å². The van der Waals surface area contributed by atoms with Gasteiger partial charge in [-0.15, -0.1) is 0 Å². The highest BCUT2D eigenvalue weighted by molar-refractivity contribution is 6.50. The lowest BCUT2D eigenvalue weighted by molar-refractivity contribution is 0.368. The van der Waals surface area contributed by atoms with Gasteiger partial charge in [0.05, 0.1) is 0 Å². The molecule has 2 N–H and O–H groups in total. The van der Waals surface area contributed by atoms with Crippen LogP contribution in [0.2, 0.25) is 0 Å². The van der Waals surface area contributed by atoms with Crippen molar-refractivity contribution in [2.75, 3.05) is 0 Å². The van der Waals surface area contributed by atoms with Gasteiger partial charge in [-0.25, -0.2) is 0 Å². The zero-order chi connectivity index (χ0) is 10.3. The normalized spacial score (nSPS) is 10.2. The third-order valence-electron chi connectivity index (χ3n) is 1.08. The smallest absolute Gasteiger partial charge is 0.418 e. The van der Waals surface area contributed by atoms with Gasteiger partial charge in [-0.1, -0.05) is 30.3 Å². The van der Waals surface area contributed by atoms with E-state index < -0.39 is 7.25 Å². The molecular formula is C7H9BF4N-. The van der Waals surface area contributed by atoms with Gasteiger partial charge in [-0.05, 0) is 5.56 Å². The van der Waals surface area contributed by atoms with E-state index in [9.17, 15) is 17.3 Å². The van der Waals surface area contributed by atoms with Crippen LogP contribution in [0.1, 0.15) is 5.56 Å². The van der Waals surface area contributed by atoms with Crippen LogP contribution in [0.4, 0.5) is 17.3 Å². The summed E-state index contributed by atoms with van der Waals surface area (Å²) >= 11 is 0. The molecule has 1 aromatic carbocycles. The van der Waals surface area contributed by atoms with E-state index >= 15 is 0 Å². The van der Waals surface area contributed by atoms with Crippen molar-refractivity contribution in [3.63, 3.8) is 0 Å². The van der Waals surface area contributed by atoms with Gasteiger partial charge >= 0.3 is 7.25 Å². The molecule has 1 aromatic rings. The van der Waals surface area contributed by atoms with Crippen LogP contribution in [0.3, 0.4) is 0 Å². The summed E-state index contributed by atoms with van der Waals surface area (Å²) in [6, 6.07) is 9.99. The van der Waals surface area contributed by atoms with Crippen LogP contribution in [0.5, 0.6) is 0 Å². The van der Waals surface area contributed by atoms with Crippen molar-refractivity contribution < 1.29 is 17.3 Å². The van der Waals surface area contributed by atoms with Crippen molar-refractivity contribution in [2.24, 2.45) is 5.73 Å². The van der Waals surface area contributed by atoms with Crippen molar-refractivity contribution in [3.8, 4) is 0 Å². The summed E-state index contributed by atoms with van der Waals surface area (Å²) in [7, 11) is -6.00. The van der Waals surface area contributed by atoms with Crippen molar-refractivity contribution in [1.82, 2.24) is 0 Å². The summed E-state index contributed by atoms with van der Waals surface area (Å²) in [5.41, 5.74) is 6.54. The quantitative estimate of drug-likeness (QED) is 0.539. The number of benzene rings is 1. The van der Waals surface area contributed by atoms with E-state index in [1.54, 1.807) is 0 Å². The summed E-state index contributed by atoms with van der Waals surface area (Å²) in [4.78, 5) is 0. The topological polar surface area (TPSA) is 26.0 Å². The lowest BCUT2D eigenvalue weighted by Crippen LogP contribution is -2.02. The van der Waals surface area contributed by atoms with E-state index in [4.69, 9.17) is 5.73 Å². The van der Waals surface area contributed by atoms with Gasteiger partial charge in [0, 0.05) is 6.54 Å². The Morgan fingerprint density at radius 3 is 1.62 bits per heavy atom. The first-order chi connectivity index (χ1) is 5.93. The lowest BCUT2D eigenvalue weighted by atomic mass is 10.2. The third kappa shape index (κ3) is 11.0. The van der Waals surface area contributed by atoms with Crippen LogP contribution in [0.15, 0.2) is 30.3 Å². The van der Waals surface area contributed by atoms with Crippen molar-refractivity contribution in [1.29, 1.82) is 0 Å². The Bertz CT molecular complexity index is 218. The standard InChI is InChI=1S/C7H9N.BF4/c8-6-7-4-2-1-3-5-7;2-1(3,4)5/h1-5H,6,8H2;/q;-1. The first-order valence-electron chi connectivity index (χ1n) is 3.55. The average Bonchev–Trinajstić information content (AvgIpc) is 2.03. The maximum Gasteiger partial charge on any atom is 0.673 e. The Kier molecular flexibility index (Phi) is 5.14. The van der Waals surface area contributed by atoms with Crippen LogP contribution in [0.25, 0.3) is 0 Å². The van der Waals surface area contributed by atoms with Crippen molar-refractivity contribution >= 4 is 7.25 Å². The lowest BCUT2D eigenvalue weighted by Gasteiger charge is -1.94. The summed E-state index contributed by atoms with van der Waals surface area (Å²) in [5, 5.41) is 0. The van der Waals surface area contributed by atoms with E-state index in [0.717, 1.165) is 0 Å². The zero-order valence-electron chi connectivity index (χ0n) is 6.76. The van der Waals surface area contributed by atoms with Crippen LogP contribution in [0, 0.1) is 0 Å². The molecule has 0 saturated carbocycles. The number of rotatable bonds is 1. The predicted molar refractivity (Wildman–Crippen MR) is 44.5 cm³/mol. The van der Waals surface area contributed by atoms with Crippen LogP contribution in [-0.4, -0.2) is 7.25 Å². The first-order valence-corrected chi connectivity index (χ1v) is 3.55. The van der Waals surface area contributed by atoms with Gasteiger partial charge < -0.3 is 23.0 Å². The summed E-state index contributed by atoms with van der Waals surface area (Å²) < 4.78 is 39.0. The Hall–Kier alpha value is -1.04. The van der Waals surface area contributed by atoms with Crippen molar-refractivity contribution in [2.45, 2.75) is 6.54 Å². The minimum atomic E-state index is -6.00. The van der Waals surface area contributed by atoms with Gasteiger partial charge in [0.25, 0.3) is 0 Å². The molecule has 0 unspecified atom stereocenters. The van der Waals surface area contributed by atoms with E-state index in [0.29, 0.717) is 6.54 Å². The second-order valence-electron chi connectivity index (χ2n) is 2.18. The highest BCUT2D eigenvalue weighted by Gasteiger charge is 2.20. The van der Waals surface area contributed by atoms with Crippen LogP contribution < -0.4 is 5.73 Å². The Labute approximate surface area is 73.7 Å². The van der Waals surface area contributed by atoms with Gasteiger partial charge in [0.2, 0.25) is 0 Å². The first kappa shape index (κ1) is 12.0. The van der Waals surface area contributed by atoms with E-state index in [-0.39, 0.29) is 0 Å². The average molecular weight is 194 g/mol. The van der Waals surface area contributed by atoms with E-state index in [2.05, 4.69) is 0 Å². The van der Waals surface area contributed by atoms with Gasteiger partial charge in [-0.2, -0.15) is 0 Å². The number of nitrogens with two attached hydrogens (primary N) is 1. The molecule has 0 atom stereocenters. The molecule has 6 heteroatoms. The molecule has 74 valence electrons. The van der Waals surface area contributed by atoms with E-state index in [1.807, 2.05) is 30.3 Å². The molecule has 0 fully saturated rings. The maximum absolute atomic E-state index is 9.75. The maximum atomic E-state index is 9.75. The molecule has 1 nitrogen and oxygen atoms in total. The molecule has 0 spiro atoms. The van der Waals surface area contributed by atoms with Gasteiger partial charge in [0.15, 0.2) is 0 Å². The largest absolute Gasteiger partial charge is 0.673 e. The third-order valence-corrected chi connectivity index (χ3v) is 1.08. The molecule has 0 saturated heterocycles. The predicted octanol–water partition coefficient (Wildman–Crippen LogP) is 2.45. The Morgan fingerprint density at radius 1 is 1.00 bits per heavy atom. The number of halogens is 4. The van der Waals surface area contributed by atoms with Gasteiger partial charge in [0.1, 0.15) is 0 Å². The molecule has 0 aliphatic rings. The Balaban J connectivity index is 0.000000252. The number of hydrogen-bond donors (Lipinski definition) is 1. The second kappa shape index (κ2) is 5.58.